The molecule has 2 aliphatic rings. The van der Waals surface area contributed by atoms with Crippen molar-refractivity contribution in [3.05, 3.63) is 112 Å². The Hall–Kier alpha value is -5.79. The summed E-state index contributed by atoms with van der Waals surface area (Å²) in [5, 5.41) is 15.5. The Bertz CT molecular complexity index is 2370. The summed E-state index contributed by atoms with van der Waals surface area (Å²) >= 11 is 0. The van der Waals surface area contributed by atoms with Gasteiger partial charge in [0.05, 0.1) is 23.9 Å². The monoisotopic (exact) mass is 842 g/mol. The second kappa shape index (κ2) is 20.4. The molecule has 2 aromatic heterocycles. The number of amides is 3. The number of piperazine rings is 1. The molecule has 4 heterocycles. The van der Waals surface area contributed by atoms with Crippen molar-refractivity contribution in [1.29, 1.82) is 0 Å². The molecule has 13 heteroatoms. The number of nitrogens with zero attached hydrogens (tertiary/aromatic N) is 5. The molecule has 62 heavy (non-hydrogen) atoms. The van der Waals surface area contributed by atoms with Gasteiger partial charge in [-0.1, -0.05) is 57.2 Å². The van der Waals surface area contributed by atoms with Crippen molar-refractivity contribution in [2.24, 2.45) is 5.92 Å². The molecule has 7 rings (SSSR count). The average Bonchev–Trinajstić information content (AvgIpc) is 3.70. The van der Waals surface area contributed by atoms with E-state index in [-0.39, 0.29) is 36.5 Å². The Kier molecular flexibility index (Phi) is 14.6. The smallest absolute Gasteiger partial charge is 0.410 e. The second-order valence-electron chi connectivity index (χ2n) is 17.1. The fourth-order valence-electron chi connectivity index (χ4n) is 8.44. The zero-order chi connectivity index (χ0) is 43.8. The number of aromatic nitrogens is 3. The molecule has 1 atom stereocenters. The van der Waals surface area contributed by atoms with Crippen LogP contribution in [0, 0.1) is 12.8 Å². The highest BCUT2D eigenvalue weighted by Crippen LogP contribution is 2.31. The SMILES string of the molecule is CCc1nc2c(cnn2CC)c(NC2CCOCC2)c1CNC(=O)c1cc(C)cc(C(=O)NCc2cccc(-c3cccc(CN4CCN(C(=O)OCC(C)C)[C@@H](C)C4)c3)c2)c1. The first kappa shape index (κ1) is 44.3. The zero-order valence-corrected chi connectivity index (χ0v) is 37.1. The van der Waals surface area contributed by atoms with Crippen LogP contribution in [0.15, 0.2) is 72.9 Å². The maximum Gasteiger partial charge on any atom is 0.410 e. The molecular formula is C49H62N8O5. The lowest BCUT2D eigenvalue weighted by Gasteiger charge is -2.39. The molecular weight excluding hydrogens is 781 g/mol. The first-order valence-corrected chi connectivity index (χ1v) is 22.2. The predicted molar refractivity (Wildman–Crippen MR) is 243 cm³/mol. The van der Waals surface area contributed by atoms with Crippen molar-refractivity contribution in [2.75, 3.05) is 44.8 Å². The molecule has 0 unspecified atom stereocenters. The lowest BCUT2D eigenvalue weighted by atomic mass is 10.0. The number of aryl methyl sites for hydroxylation is 3. The van der Waals surface area contributed by atoms with E-state index in [1.54, 1.807) is 6.07 Å². The molecule has 3 aromatic carbocycles. The van der Waals surface area contributed by atoms with Gasteiger partial charge in [0, 0.05) is 93.5 Å². The molecule has 3 amide bonds. The van der Waals surface area contributed by atoms with Gasteiger partial charge in [-0.05, 0) is 104 Å². The van der Waals surface area contributed by atoms with Gasteiger partial charge < -0.3 is 30.3 Å². The molecule has 3 N–H and O–H groups in total. The van der Waals surface area contributed by atoms with E-state index in [2.05, 4.69) is 83.1 Å². The third-order valence-corrected chi connectivity index (χ3v) is 11.7. The molecule has 0 bridgehead atoms. The Balaban J connectivity index is 0.979. The molecule has 0 aliphatic carbocycles. The Morgan fingerprint density at radius 1 is 0.887 bits per heavy atom. The van der Waals surface area contributed by atoms with Crippen LogP contribution in [0.3, 0.4) is 0 Å². The van der Waals surface area contributed by atoms with Crippen molar-refractivity contribution >= 4 is 34.6 Å². The molecule has 0 saturated carbocycles. The lowest BCUT2D eigenvalue weighted by molar-refractivity contribution is 0.0443. The van der Waals surface area contributed by atoms with Crippen molar-refractivity contribution in [2.45, 2.75) is 99.1 Å². The van der Waals surface area contributed by atoms with E-state index >= 15 is 0 Å². The number of fused-ring (bicyclic) bond motifs is 1. The van der Waals surface area contributed by atoms with Gasteiger partial charge in [-0.2, -0.15) is 5.10 Å². The van der Waals surface area contributed by atoms with Crippen molar-refractivity contribution in [3.63, 3.8) is 0 Å². The minimum atomic E-state index is -0.264. The maximum atomic E-state index is 13.8. The van der Waals surface area contributed by atoms with Gasteiger partial charge in [-0.3, -0.25) is 14.5 Å². The average molecular weight is 843 g/mol. The number of nitrogens with one attached hydrogen (secondary N) is 3. The van der Waals surface area contributed by atoms with Crippen LogP contribution in [0.5, 0.6) is 0 Å². The Labute approximate surface area is 365 Å². The predicted octanol–water partition coefficient (Wildman–Crippen LogP) is 7.74. The van der Waals surface area contributed by atoms with Gasteiger partial charge in [0.1, 0.15) is 0 Å². The lowest BCUT2D eigenvalue weighted by Crippen LogP contribution is -2.53. The number of hydrogen-bond acceptors (Lipinski definition) is 9. The molecule has 0 spiro atoms. The highest BCUT2D eigenvalue weighted by molar-refractivity contribution is 6.00. The number of carbonyl (C=O) groups is 3. The highest BCUT2D eigenvalue weighted by Gasteiger charge is 2.29. The molecule has 2 saturated heterocycles. The number of ether oxygens (including phenoxy) is 2. The molecule has 5 aromatic rings. The minimum absolute atomic E-state index is 0.0661. The Morgan fingerprint density at radius 2 is 1.56 bits per heavy atom. The van der Waals surface area contributed by atoms with Crippen LogP contribution < -0.4 is 16.0 Å². The maximum absolute atomic E-state index is 13.8. The molecule has 328 valence electrons. The molecule has 0 radical (unpaired) electrons. The van der Waals surface area contributed by atoms with E-state index in [0.717, 1.165) is 82.7 Å². The molecule has 2 fully saturated rings. The van der Waals surface area contributed by atoms with Gasteiger partial charge in [0.15, 0.2) is 5.65 Å². The normalized spacial score (nSPS) is 16.1. The van der Waals surface area contributed by atoms with Crippen LogP contribution in [0.25, 0.3) is 22.2 Å². The van der Waals surface area contributed by atoms with Gasteiger partial charge in [-0.25, -0.2) is 14.5 Å². The van der Waals surface area contributed by atoms with Crippen LogP contribution in [-0.4, -0.2) is 94.0 Å². The molecule has 2 aliphatic heterocycles. The van der Waals surface area contributed by atoms with Gasteiger partial charge in [0.25, 0.3) is 11.8 Å². The summed E-state index contributed by atoms with van der Waals surface area (Å²) in [5.74, 6) is -0.211. The summed E-state index contributed by atoms with van der Waals surface area (Å²) in [7, 11) is 0. The van der Waals surface area contributed by atoms with E-state index in [9.17, 15) is 14.4 Å². The first-order chi connectivity index (χ1) is 30.0. The largest absolute Gasteiger partial charge is 0.449 e. The zero-order valence-electron chi connectivity index (χ0n) is 37.1. The van der Waals surface area contributed by atoms with Crippen LogP contribution in [0.2, 0.25) is 0 Å². The fraction of sp³-hybridized carbons (Fsp3) is 0.449. The van der Waals surface area contributed by atoms with E-state index in [1.807, 2.05) is 60.8 Å². The summed E-state index contributed by atoms with van der Waals surface area (Å²) in [6, 6.07) is 22.3. The number of anilines is 1. The van der Waals surface area contributed by atoms with Gasteiger partial charge in [0.2, 0.25) is 0 Å². The minimum Gasteiger partial charge on any atom is -0.449 e. The van der Waals surface area contributed by atoms with Crippen molar-refractivity contribution in [1.82, 2.24) is 35.2 Å². The summed E-state index contributed by atoms with van der Waals surface area (Å²) in [5.41, 5.74) is 9.62. The second-order valence-corrected chi connectivity index (χ2v) is 17.1. The van der Waals surface area contributed by atoms with E-state index in [1.165, 1.54) is 5.56 Å². The van der Waals surface area contributed by atoms with E-state index in [4.69, 9.17) is 14.5 Å². The van der Waals surface area contributed by atoms with Crippen molar-refractivity contribution in [3.8, 4) is 11.1 Å². The molecule has 13 nitrogen and oxygen atoms in total. The first-order valence-electron chi connectivity index (χ1n) is 22.2. The van der Waals surface area contributed by atoms with Crippen LogP contribution in [0.1, 0.15) is 96.1 Å². The summed E-state index contributed by atoms with van der Waals surface area (Å²) in [4.78, 5) is 49.3. The summed E-state index contributed by atoms with van der Waals surface area (Å²) in [6.07, 6.45) is 4.12. The standard InChI is InChI=1S/C49H62N8O5/c1-7-44-42(45(53-41-15-19-61-20-16-41)43-28-52-57(8-2)46(43)54-44)27-51-48(59)40-22-33(5)21-39(25-40)47(58)50-26-35-11-9-13-37(23-35)38-14-10-12-36(24-38)30-55-17-18-56(34(6)29-55)49(60)62-31-32(3)4/h9-14,21-25,28,32,34,41H,7-8,15-20,26-27,29-31H2,1-6H3,(H,50,58)(H,51,59)(H,53,54)/t34-/m0/s1. The topological polar surface area (TPSA) is 143 Å². The quantitative estimate of drug-likeness (QED) is 0.0965. The Morgan fingerprint density at radius 3 is 2.23 bits per heavy atom. The summed E-state index contributed by atoms with van der Waals surface area (Å²) < 4.78 is 13.0. The van der Waals surface area contributed by atoms with Gasteiger partial charge in [-0.15, -0.1) is 0 Å². The fourth-order valence-corrected chi connectivity index (χ4v) is 8.44. The van der Waals surface area contributed by atoms with E-state index in [0.29, 0.717) is 62.9 Å². The number of hydrogen-bond donors (Lipinski definition) is 3. The van der Waals surface area contributed by atoms with Crippen molar-refractivity contribution < 1.29 is 23.9 Å². The summed E-state index contributed by atoms with van der Waals surface area (Å²) in [6.45, 7) is 18.3. The number of pyridine rings is 1. The van der Waals surface area contributed by atoms with Crippen LogP contribution in [-0.2, 0) is 42.1 Å². The number of benzene rings is 3. The number of carbonyl (C=O) groups excluding carboxylic acids is 3. The van der Waals surface area contributed by atoms with Gasteiger partial charge >= 0.3 is 6.09 Å². The third kappa shape index (κ3) is 10.8. The van der Waals surface area contributed by atoms with Crippen LogP contribution >= 0.6 is 0 Å². The van der Waals surface area contributed by atoms with Crippen LogP contribution in [0.4, 0.5) is 10.5 Å². The highest BCUT2D eigenvalue weighted by atomic mass is 16.6. The third-order valence-electron chi connectivity index (χ3n) is 11.7. The number of rotatable bonds is 15. The van der Waals surface area contributed by atoms with E-state index < -0.39 is 0 Å².